The Morgan fingerprint density at radius 2 is 1.95 bits per heavy atom. The topological polar surface area (TPSA) is 38.7 Å². The zero-order valence-corrected chi connectivity index (χ0v) is 12.9. The second-order valence-corrected chi connectivity index (χ2v) is 5.53. The number of rotatable bonds is 2. The van der Waals surface area contributed by atoms with Crippen LogP contribution in [0.4, 0.5) is 4.39 Å². The molecule has 104 valence electrons. The van der Waals surface area contributed by atoms with Gasteiger partial charge >= 0.3 is 5.97 Å². The van der Waals surface area contributed by atoms with Gasteiger partial charge in [0, 0.05) is 3.57 Å². The zero-order chi connectivity index (χ0) is 14.8. The fourth-order valence-corrected chi connectivity index (χ4v) is 2.53. The monoisotopic (exact) mass is 393 g/mol. The highest BCUT2D eigenvalue weighted by Crippen LogP contribution is 2.22. The Morgan fingerprint density at radius 1 is 1.14 bits per heavy atom. The summed E-state index contributed by atoms with van der Waals surface area (Å²) in [7, 11) is 0. The molecule has 2 aromatic rings. The van der Waals surface area contributed by atoms with Gasteiger partial charge in [-0.15, -0.1) is 0 Å². The fourth-order valence-electron chi connectivity index (χ4n) is 1.91. The summed E-state index contributed by atoms with van der Waals surface area (Å²) in [5.41, 5.74) is 1.49. The number of aliphatic imine (C=N–C) groups is 1. The summed E-state index contributed by atoms with van der Waals surface area (Å²) in [6.45, 7) is 0. The number of carbonyl (C=O) groups excluding carboxylic acids is 1. The first-order valence-electron chi connectivity index (χ1n) is 6.16. The van der Waals surface area contributed by atoms with Crippen molar-refractivity contribution < 1.29 is 13.9 Å². The van der Waals surface area contributed by atoms with Gasteiger partial charge in [-0.3, -0.25) is 0 Å². The first-order valence-corrected chi connectivity index (χ1v) is 7.24. The molecule has 0 N–H and O–H groups in total. The van der Waals surface area contributed by atoms with E-state index >= 15 is 0 Å². The number of nitrogens with zero attached hydrogens (tertiary/aromatic N) is 1. The van der Waals surface area contributed by atoms with Gasteiger partial charge in [0.1, 0.15) is 5.82 Å². The molecule has 21 heavy (non-hydrogen) atoms. The summed E-state index contributed by atoms with van der Waals surface area (Å²) in [6, 6.07) is 13.4. The van der Waals surface area contributed by atoms with Gasteiger partial charge in [0.25, 0.3) is 0 Å². The molecule has 0 saturated heterocycles. The molecule has 3 nitrogen and oxygen atoms in total. The van der Waals surface area contributed by atoms with Gasteiger partial charge in [-0.2, -0.15) is 0 Å². The number of halogens is 2. The molecule has 0 spiro atoms. The van der Waals surface area contributed by atoms with Crippen molar-refractivity contribution in [3.8, 4) is 0 Å². The van der Waals surface area contributed by atoms with E-state index in [-0.39, 0.29) is 17.4 Å². The smallest absolute Gasteiger partial charge is 0.363 e. The van der Waals surface area contributed by atoms with Gasteiger partial charge in [0.2, 0.25) is 5.90 Å². The molecule has 0 bridgehead atoms. The summed E-state index contributed by atoms with van der Waals surface area (Å²) < 4.78 is 19.3. The Morgan fingerprint density at radius 3 is 2.71 bits per heavy atom. The number of hydrogen-bond donors (Lipinski definition) is 0. The molecule has 0 saturated carbocycles. The predicted octanol–water partition coefficient (Wildman–Crippen LogP) is 3.77. The molecule has 0 atom stereocenters. The van der Waals surface area contributed by atoms with E-state index in [1.54, 1.807) is 12.1 Å². The Balaban J connectivity index is 1.98. The average Bonchev–Trinajstić information content (AvgIpc) is 2.80. The first kappa shape index (κ1) is 13.9. The van der Waals surface area contributed by atoms with Crippen LogP contribution < -0.4 is 0 Å². The minimum Gasteiger partial charge on any atom is -0.402 e. The van der Waals surface area contributed by atoms with E-state index in [4.69, 9.17) is 4.74 Å². The summed E-state index contributed by atoms with van der Waals surface area (Å²) in [6.07, 6.45) is 1.51. The van der Waals surface area contributed by atoms with Crippen LogP contribution >= 0.6 is 22.6 Å². The molecular formula is C16H9FINO2. The van der Waals surface area contributed by atoms with E-state index in [1.165, 1.54) is 18.2 Å². The molecule has 1 heterocycles. The molecule has 3 rings (SSSR count). The van der Waals surface area contributed by atoms with Crippen LogP contribution in [0.15, 0.2) is 59.2 Å². The van der Waals surface area contributed by atoms with Crippen LogP contribution in [0.3, 0.4) is 0 Å². The number of ether oxygens (including phenoxy) is 1. The lowest BCUT2D eigenvalue weighted by Crippen LogP contribution is -2.06. The minimum absolute atomic E-state index is 0.162. The molecular weight excluding hydrogens is 384 g/mol. The fraction of sp³-hybridized carbons (Fsp3) is 0. The third kappa shape index (κ3) is 3.02. The number of hydrogen-bond acceptors (Lipinski definition) is 3. The maximum atomic E-state index is 13.2. The third-order valence-electron chi connectivity index (χ3n) is 2.88. The van der Waals surface area contributed by atoms with Crippen molar-refractivity contribution in [2.75, 3.05) is 0 Å². The van der Waals surface area contributed by atoms with Gasteiger partial charge in [-0.05, 0) is 58.5 Å². The second-order valence-electron chi connectivity index (χ2n) is 4.37. The molecule has 0 radical (unpaired) electrons. The largest absolute Gasteiger partial charge is 0.402 e. The lowest BCUT2D eigenvalue weighted by molar-refractivity contribution is -0.129. The summed E-state index contributed by atoms with van der Waals surface area (Å²) in [5.74, 6) is -0.626. The van der Waals surface area contributed by atoms with Crippen molar-refractivity contribution in [2.45, 2.75) is 0 Å². The number of cyclic esters (lactones) is 1. The maximum Gasteiger partial charge on any atom is 0.363 e. The first-order chi connectivity index (χ1) is 10.1. The van der Waals surface area contributed by atoms with Gasteiger partial charge in [0.15, 0.2) is 5.70 Å². The highest BCUT2D eigenvalue weighted by molar-refractivity contribution is 14.1. The molecule has 0 aromatic heterocycles. The van der Waals surface area contributed by atoms with Crippen molar-refractivity contribution in [1.82, 2.24) is 0 Å². The van der Waals surface area contributed by atoms with E-state index in [0.29, 0.717) is 5.56 Å². The molecule has 0 amide bonds. The summed E-state index contributed by atoms with van der Waals surface area (Å²) in [4.78, 5) is 16.1. The van der Waals surface area contributed by atoms with E-state index in [2.05, 4.69) is 27.6 Å². The third-order valence-corrected chi connectivity index (χ3v) is 3.82. The van der Waals surface area contributed by atoms with E-state index in [9.17, 15) is 9.18 Å². The van der Waals surface area contributed by atoms with Crippen molar-refractivity contribution in [1.29, 1.82) is 0 Å². The van der Waals surface area contributed by atoms with Crippen LogP contribution in [0, 0.1) is 9.39 Å². The molecule has 0 fully saturated rings. The number of carbonyl (C=O) groups is 1. The van der Waals surface area contributed by atoms with Crippen LogP contribution in [0.2, 0.25) is 0 Å². The average molecular weight is 393 g/mol. The standard InChI is InChI=1S/C16H9FINO2/c17-11-5-3-4-10(8-11)9-14-16(20)21-15(19-14)12-6-1-2-7-13(12)18/h1-9H/b14-9-. The second kappa shape index (κ2) is 5.77. The van der Waals surface area contributed by atoms with Crippen LogP contribution in [0.1, 0.15) is 11.1 Å². The van der Waals surface area contributed by atoms with E-state index in [1.807, 2.05) is 24.3 Å². The molecule has 1 aliphatic heterocycles. The Hall–Kier alpha value is -2.02. The number of benzene rings is 2. The normalized spacial score (nSPS) is 16.0. The highest BCUT2D eigenvalue weighted by atomic mass is 127. The van der Waals surface area contributed by atoms with Crippen LogP contribution in [-0.2, 0) is 9.53 Å². The Bertz CT molecular complexity index is 783. The van der Waals surface area contributed by atoms with Crippen molar-refractivity contribution in [3.63, 3.8) is 0 Å². The maximum absolute atomic E-state index is 13.2. The van der Waals surface area contributed by atoms with Crippen molar-refractivity contribution in [2.24, 2.45) is 4.99 Å². The van der Waals surface area contributed by atoms with E-state index < -0.39 is 5.97 Å². The highest BCUT2D eigenvalue weighted by Gasteiger charge is 2.25. The SMILES string of the molecule is O=C1OC(c2ccccc2I)=N/C1=C\c1cccc(F)c1. The van der Waals surface area contributed by atoms with Crippen molar-refractivity contribution in [3.05, 3.63) is 74.7 Å². The molecule has 1 aliphatic rings. The summed E-state index contributed by atoms with van der Waals surface area (Å²) >= 11 is 2.15. The van der Waals surface area contributed by atoms with Gasteiger partial charge in [-0.1, -0.05) is 24.3 Å². The van der Waals surface area contributed by atoms with Crippen molar-refractivity contribution >= 4 is 40.5 Å². The van der Waals surface area contributed by atoms with Gasteiger partial charge < -0.3 is 4.74 Å². The van der Waals surface area contributed by atoms with E-state index in [0.717, 1.165) is 9.13 Å². The van der Waals surface area contributed by atoms with Gasteiger partial charge in [0.05, 0.1) is 5.56 Å². The zero-order valence-electron chi connectivity index (χ0n) is 10.7. The minimum atomic E-state index is -0.533. The Kier molecular flexibility index (Phi) is 3.83. The lowest BCUT2D eigenvalue weighted by Gasteiger charge is -2.01. The van der Waals surface area contributed by atoms with Crippen LogP contribution in [0.25, 0.3) is 6.08 Å². The quantitative estimate of drug-likeness (QED) is 0.443. The lowest BCUT2D eigenvalue weighted by atomic mass is 10.2. The predicted molar refractivity (Wildman–Crippen MR) is 86.2 cm³/mol. The summed E-state index contributed by atoms with van der Waals surface area (Å²) in [5, 5.41) is 0. The molecule has 0 aliphatic carbocycles. The molecule has 5 heteroatoms. The molecule has 2 aromatic carbocycles. The Labute approximate surface area is 134 Å². The number of esters is 1. The van der Waals surface area contributed by atoms with Crippen LogP contribution in [0.5, 0.6) is 0 Å². The van der Waals surface area contributed by atoms with Crippen LogP contribution in [-0.4, -0.2) is 11.9 Å². The molecule has 0 unspecified atom stereocenters. The van der Waals surface area contributed by atoms with Gasteiger partial charge in [-0.25, -0.2) is 14.2 Å².